The molecule has 6 nitrogen and oxygen atoms in total. The average molecular weight is 502 g/mol. The summed E-state index contributed by atoms with van der Waals surface area (Å²) in [6.45, 7) is 3.76. The smallest absolute Gasteiger partial charge is 0.243 e. The molecule has 1 aliphatic carbocycles. The minimum absolute atomic E-state index is 0. The zero-order chi connectivity index (χ0) is 19.5. The number of hydrogen-bond acceptors (Lipinski definition) is 3. The van der Waals surface area contributed by atoms with Gasteiger partial charge in [-0.3, -0.25) is 4.79 Å². The van der Waals surface area contributed by atoms with Gasteiger partial charge in [0.2, 0.25) is 5.91 Å². The van der Waals surface area contributed by atoms with Crippen LogP contribution in [0.2, 0.25) is 0 Å². The molecule has 0 saturated heterocycles. The van der Waals surface area contributed by atoms with Gasteiger partial charge in [0.15, 0.2) is 5.96 Å². The molecule has 0 bridgehead atoms. The van der Waals surface area contributed by atoms with Gasteiger partial charge in [0, 0.05) is 26.7 Å². The molecule has 0 heterocycles. The van der Waals surface area contributed by atoms with Crippen LogP contribution in [-0.2, 0) is 11.2 Å². The van der Waals surface area contributed by atoms with E-state index in [4.69, 9.17) is 4.74 Å². The van der Waals surface area contributed by atoms with E-state index in [1.54, 1.807) is 19.0 Å². The fraction of sp³-hybridized carbons (Fsp3) is 0.619. The summed E-state index contributed by atoms with van der Waals surface area (Å²) in [6, 6.07) is 8.68. The van der Waals surface area contributed by atoms with Crippen molar-refractivity contribution in [1.82, 2.24) is 15.5 Å². The zero-order valence-corrected chi connectivity index (χ0v) is 19.7. The third kappa shape index (κ3) is 9.12. The number of likely N-dealkylation sites (N-methyl/N-ethyl adjacent to an activating group) is 1. The summed E-state index contributed by atoms with van der Waals surface area (Å²) in [6.07, 6.45) is 6.72. The lowest BCUT2D eigenvalue weighted by Gasteiger charge is -2.18. The van der Waals surface area contributed by atoms with Crippen LogP contribution in [0, 0.1) is 0 Å². The Morgan fingerprint density at radius 1 is 1.29 bits per heavy atom. The first-order chi connectivity index (χ1) is 13.1. The molecule has 0 radical (unpaired) electrons. The van der Waals surface area contributed by atoms with Gasteiger partial charge in [-0.25, -0.2) is 4.99 Å². The molecule has 2 rings (SSSR count). The molecule has 1 aromatic carbocycles. The molecular formula is C21H35IN4O2. The number of hydrogen-bond donors (Lipinski definition) is 2. The largest absolute Gasteiger partial charge is 0.494 e. The second-order valence-corrected chi connectivity index (χ2v) is 7.25. The van der Waals surface area contributed by atoms with E-state index >= 15 is 0 Å². The number of ether oxygens (including phenoxy) is 1. The van der Waals surface area contributed by atoms with Crippen molar-refractivity contribution in [3.8, 4) is 5.75 Å². The molecule has 0 atom stereocenters. The van der Waals surface area contributed by atoms with E-state index in [1.807, 2.05) is 12.1 Å². The highest BCUT2D eigenvalue weighted by Crippen LogP contribution is 2.17. The number of nitrogens with zero attached hydrogens (tertiary/aromatic N) is 2. The number of carbonyl (C=O) groups excluding carboxylic acids is 1. The highest BCUT2D eigenvalue weighted by Gasteiger charge is 2.16. The third-order valence-electron chi connectivity index (χ3n) is 4.64. The van der Waals surface area contributed by atoms with Gasteiger partial charge in [0.25, 0.3) is 0 Å². The second-order valence-electron chi connectivity index (χ2n) is 7.25. The Kier molecular flexibility index (Phi) is 11.9. The van der Waals surface area contributed by atoms with Crippen LogP contribution in [0.5, 0.6) is 5.75 Å². The summed E-state index contributed by atoms with van der Waals surface area (Å²) in [7, 11) is 3.51. The van der Waals surface area contributed by atoms with E-state index in [9.17, 15) is 4.79 Å². The van der Waals surface area contributed by atoms with Crippen molar-refractivity contribution in [3.05, 3.63) is 29.8 Å². The second kappa shape index (κ2) is 13.6. The number of nitrogens with one attached hydrogen (secondary N) is 2. The molecule has 1 aliphatic rings. The number of rotatable bonds is 9. The van der Waals surface area contributed by atoms with E-state index in [0.29, 0.717) is 6.04 Å². The van der Waals surface area contributed by atoms with Crippen LogP contribution >= 0.6 is 24.0 Å². The standard InChI is InChI=1S/C21H34N4O2.HI/c1-4-14-27-19-11-7-8-17(15-19)12-13-22-21(23-16-20(26)25(2)3)24-18-9-5-6-10-18;/h7-8,11,15,18H,4-6,9-10,12-14,16H2,1-3H3,(H2,22,23,24);1H. The number of amides is 1. The van der Waals surface area contributed by atoms with Crippen LogP contribution in [-0.4, -0.2) is 56.6 Å². The predicted octanol–water partition coefficient (Wildman–Crippen LogP) is 3.20. The van der Waals surface area contributed by atoms with E-state index in [0.717, 1.165) is 37.7 Å². The topological polar surface area (TPSA) is 66.0 Å². The Bertz CT molecular complexity index is 616. The Balaban J connectivity index is 0.00000392. The average Bonchev–Trinajstić information content (AvgIpc) is 3.17. The van der Waals surface area contributed by atoms with Crippen LogP contribution < -0.4 is 15.4 Å². The van der Waals surface area contributed by atoms with Gasteiger partial charge < -0.3 is 20.3 Å². The summed E-state index contributed by atoms with van der Waals surface area (Å²) >= 11 is 0. The SMILES string of the molecule is CCCOc1cccc(CCNC(=NCC(=O)N(C)C)NC2CCCC2)c1.I. The summed E-state index contributed by atoms with van der Waals surface area (Å²) in [5.74, 6) is 1.66. The van der Waals surface area contributed by atoms with E-state index < -0.39 is 0 Å². The zero-order valence-electron chi connectivity index (χ0n) is 17.4. The Morgan fingerprint density at radius 2 is 2.04 bits per heavy atom. The number of aliphatic imine (C=N–C) groups is 1. The Labute approximate surface area is 186 Å². The minimum atomic E-state index is 0. The van der Waals surface area contributed by atoms with Gasteiger partial charge in [-0.1, -0.05) is 31.9 Å². The van der Waals surface area contributed by atoms with Crippen LogP contribution in [0.25, 0.3) is 0 Å². The van der Waals surface area contributed by atoms with E-state index in [-0.39, 0.29) is 36.4 Å². The van der Waals surface area contributed by atoms with Crippen molar-refractivity contribution in [2.45, 2.75) is 51.5 Å². The van der Waals surface area contributed by atoms with Crippen LogP contribution in [0.1, 0.15) is 44.6 Å². The van der Waals surface area contributed by atoms with Gasteiger partial charge in [-0.15, -0.1) is 24.0 Å². The first kappa shape index (κ1) is 24.5. The molecule has 158 valence electrons. The van der Waals surface area contributed by atoms with E-state index in [1.165, 1.54) is 31.2 Å². The van der Waals surface area contributed by atoms with Gasteiger partial charge in [0.05, 0.1) is 6.61 Å². The third-order valence-corrected chi connectivity index (χ3v) is 4.64. The van der Waals surface area contributed by atoms with Crippen molar-refractivity contribution in [1.29, 1.82) is 0 Å². The summed E-state index contributed by atoms with van der Waals surface area (Å²) in [4.78, 5) is 17.9. The maximum absolute atomic E-state index is 11.9. The fourth-order valence-electron chi connectivity index (χ4n) is 3.04. The molecule has 1 aromatic rings. The quantitative estimate of drug-likeness (QED) is 0.309. The highest BCUT2D eigenvalue weighted by molar-refractivity contribution is 14.0. The normalized spacial score (nSPS) is 14.3. The molecule has 28 heavy (non-hydrogen) atoms. The fourth-order valence-corrected chi connectivity index (χ4v) is 3.04. The number of halogens is 1. The highest BCUT2D eigenvalue weighted by atomic mass is 127. The van der Waals surface area contributed by atoms with Crippen molar-refractivity contribution >= 4 is 35.8 Å². The molecule has 0 unspecified atom stereocenters. The van der Waals surface area contributed by atoms with Crippen LogP contribution in [0.3, 0.4) is 0 Å². The lowest BCUT2D eigenvalue weighted by Crippen LogP contribution is -2.43. The molecule has 0 spiro atoms. The number of benzene rings is 1. The van der Waals surface area contributed by atoms with Crippen LogP contribution in [0.15, 0.2) is 29.3 Å². The van der Waals surface area contributed by atoms with Crippen molar-refractivity contribution in [3.63, 3.8) is 0 Å². The summed E-state index contributed by atoms with van der Waals surface area (Å²) in [5, 5.41) is 6.86. The van der Waals surface area contributed by atoms with Gasteiger partial charge in [-0.2, -0.15) is 0 Å². The lowest BCUT2D eigenvalue weighted by atomic mass is 10.1. The molecule has 1 saturated carbocycles. The first-order valence-electron chi connectivity index (χ1n) is 10.0. The Hall–Kier alpha value is -1.51. The van der Waals surface area contributed by atoms with Crippen molar-refractivity contribution < 1.29 is 9.53 Å². The van der Waals surface area contributed by atoms with Gasteiger partial charge >= 0.3 is 0 Å². The Morgan fingerprint density at radius 3 is 2.71 bits per heavy atom. The van der Waals surface area contributed by atoms with Crippen LogP contribution in [0.4, 0.5) is 0 Å². The number of carbonyl (C=O) groups is 1. The predicted molar refractivity (Wildman–Crippen MR) is 126 cm³/mol. The summed E-state index contributed by atoms with van der Waals surface area (Å²) in [5.41, 5.74) is 1.22. The molecule has 0 aromatic heterocycles. The molecular weight excluding hydrogens is 467 g/mol. The lowest BCUT2D eigenvalue weighted by molar-refractivity contribution is -0.127. The van der Waals surface area contributed by atoms with Crippen molar-refractivity contribution in [2.75, 3.05) is 33.8 Å². The maximum atomic E-state index is 11.9. The molecule has 0 aliphatic heterocycles. The molecule has 7 heteroatoms. The van der Waals surface area contributed by atoms with Gasteiger partial charge in [-0.05, 0) is 43.4 Å². The molecule has 1 fully saturated rings. The van der Waals surface area contributed by atoms with Crippen molar-refractivity contribution in [2.24, 2.45) is 4.99 Å². The monoisotopic (exact) mass is 502 g/mol. The first-order valence-corrected chi connectivity index (χ1v) is 10.0. The minimum Gasteiger partial charge on any atom is -0.494 e. The van der Waals surface area contributed by atoms with Gasteiger partial charge in [0.1, 0.15) is 12.3 Å². The molecule has 1 amide bonds. The maximum Gasteiger partial charge on any atom is 0.243 e. The molecule has 2 N–H and O–H groups in total. The number of guanidine groups is 1. The van der Waals surface area contributed by atoms with E-state index in [2.05, 4.69) is 34.7 Å². The summed E-state index contributed by atoms with van der Waals surface area (Å²) < 4.78 is 5.70.